The quantitative estimate of drug-likeness (QED) is 0.870. The molecule has 102 valence electrons. The van der Waals surface area contributed by atoms with E-state index in [1.54, 1.807) is 11.3 Å². The van der Waals surface area contributed by atoms with Gasteiger partial charge in [-0.25, -0.2) is 0 Å². The minimum absolute atomic E-state index is 0.167. The number of rotatable bonds is 6. The van der Waals surface area contributed by atoms with Gasteiger partial charge >= 0.3 is 0 Å². The van der Waals surface area contributed by atoms with Crippen LogP contribution >= 0.6 is 27.3 Å². The van der Waals surface area contributed by atoms with E-state index in [-0.39, 0.29) is 6.04 Å². The Labute approximate surface area is 125 Å². The number of halogens is 1. The van der Waals surface area contributed by atoms with Gasteiger partial charge in [-0.15, -0.1) is 11.3 Å². The molecule has 0 aromatic carbocycles. The smallest absolute Gasteiger partial charge is 0.169 e. The van der Waals surface area contributed by atoms with E-state index in [2.05, 4.69) is 38.3 Å². The van der Waals surface area contributed by atoms with Crippen molar-refractivity contribution in [1.29, 1.82) is 0 Å². The van der Waals surface area contributed by atoms with Gasteiger partial charge in [-0.05, 0) is 52.4 Å². The zero-order valence-corrected chi connectivity index (χ0v) is 13.0. The van der Waals surface area contributed by atoms with Crippen molar-refractivity contribution >= 4 is 27.3 Å². The second-order valence-corrected chi connectivity index (χ2v) is 6.69. The molecular formula is C14H17BrN2OS. The van der Waals surface area contributed by atoms with Gasteiger partial charge in [0.1, 0.15) is 5.76 Å². The van der Waals surface area contributed by atoms with Crippen LogP contribution in [0, 0.1) is 0 Å². The Balaban J connectivity index is 1.81. The number of nitrogens with two attached hydrogens (primary N) is 1. The van der Waals surface area contributed by atoms with Gasteiger partial charge in [0, 0.05) is 24.0 Å². The molecule has 2 aromatic heterocycles. The number of furan rings is 1. The average molecular weight is 341 g/mol. The van der Waals surface area contributed by atoms with Gasteiger partial charge in [0.2, 0.25) is 0 Å². The summed E-state index contributed by atoms with van der Waals surface area (Å²) in [6, 6.07) is 9.07. The van der Waals surface area contributed by atoms with E-state index in [0.29, 0.717) is 12.6 Å². The molecule has 1 aliphatic carbocycles. The lowest BCUT2D eigenvalue weighted by Gasteiger charge is -2.29. The summed E-state index contributed by atoms with van der Waals surface area (Å²) in [4.78, 5) is 3.87. The fourth-order valence-electron chi connectivity index (χ4n) is 2.40. The highest BCUT2D eigenvalue weighted by atomic mass is 79.9. The molecule has 5 heteroatoms. The van der Waals surface area contributed by atoms with Crippen LogP contribution in [0.3, 0.4) is 0 Å². The minimum atomic E-state index is 0.167. The molecule has 0 saturated heterocycles. The predicted molar refractivity (Wildman–Crippen MR) is 81.1 cm³/mol. The SMILES string of the molecule is NCC(c1ccc(Br)o1)N(Cc1cccs1)C1CC1. The maximum Gasteiger partial charge on any atom is 0.169 e. The summed E-state index contributed by atoms with van der Waals surface area (Å²) in [5, 5.41) is 2.13. The van der Waals surface area contributed by atoms with Crippen molar-refractivity contribution in [2.45, 2.75) is 31.5 Å². The van der Waals surface area contributed by atoms with E-state index in [0.717, 1.165) is 17.0 Å². The zero-order chi connectivity index (χ0) is 13.2. The van der Waals surface area contributed by atoms with Crippen LogP contribution in [0.2, 0.25) is 0 Å². The maximum absolute atomic E-state index is 6.00. The van der Waals surface area contributed by atoms with E-state index in [4.69, 9.17) is 10.2 Å². The van der Waals surface area contributed by atoms with Crippen LogP contribution in [0.1, 0.15) is 29.5 Å². The third kappa shape index (κ3) is 3.11. The number of hydrogen-bond donors (Lipinski definition) is 1. The summed E-state index contributed by atoms with van der Waals surface area (Å²) in [6.45, 7) is 1.55. The summed E-state index contributed by atoms with van der Waals surface area (Å²) in [6.07, 6.45) is 2.54. The predicted octanol–water partition coefficient (Wildman–Crippen LogP) is 3.77. The molecule has 1 fully saturated rings. The van der Waals surface area contributed by atoms with Gasteiger partial charge < -0.3 is 10.2 Å². The van der Waals surface area contributed by atoms with Crippen LogP contribution in [-0.2, 0) is 6.54 Å². The average Bonchev–Trinajstić information content (AvgIpc) is 2.95. The van der Waals surface area contributed by atoms with Gasteiger partial charge in [0.05, 0.1) is 6.04 Å². The molecule has 19 heavy (non-hydrogen) atoms. The first kappa shape index (κ1) is 13.4. The van der Waals surface area contributed by atoms with Gasteiger partial charge in [0.15, 0.2) is 4.67 Å². The molecule has 0 aliphatic heterocycles. The first-order chi connectivity index (χ1) is 9.28. The molecule has 3 nitrogen and oxygen atoms in total. The van der Waals surface area contributed by atoms with Crippen molar-refractivity contribution in [2.75, 3.05) is 6.54 Å². The van der Waals surface area contributed by atoms with Gasteiger partial charge in [-0.3, -0.25) is 4.90 Å². The summed E-state index contributed by atoms with van der Waals surface area (Å²) in [5.41, 5.74) is 6.00. The summed E-state index contributed by atoms with van der Waals surface area (Å²) in [5.74, 6) is 0.956. The van der Waals surface area contributed by atoms with Crippen LogP contribution in [-0.4, -0.2) is 17.5 Å². The number of hydrogen-bond acceptors (Lipinski definition) is 4. The molecule has 2 aromatic rings. The normalized spacial score (nSPS) is 17.0. The molecule has 1 atom stereocenters. The Morgan fingerprint density at radius 2 is 2.26 bits per heavy atom. The molecular weight excluding hydrogens is 324 g/mol. The zero-order valence-electron chi connectivity index (χ0n) is 10.6. The third-order valence-corrected chi connectivity index (χ3v) is 4.77. The molecule has 1 unspecified atom stereocenters. The first-order valence-electron chi connectivity index (χ1n) is 6.51. The maximum atomic E-state index is 6.00. The molecule has 3 rings (SSSR count). The van der Waals surface area contributed by atoms with E-state index < -0.39 is 0 Å². The highest BCUT2D eigenvalue weighted by Crippen LogP contribution is 2.36. The fourth-order valence-corrected chi connectivity index (χ4v) is 3.44. The van der Waals surface area contributed by atoms with Crippen molar-refractivity contribution < 1.29 is 4.42 Å². The Morgan fingerprint density at radius 1 is 1.42 bits per heavy atom. The van der Waals surface area contributed by atoms with Crippen molar-refractivity contribution in [2.24, 2.45) is 5.73 Å². The molecule has 0 radical (unpaired) electrons. The monoisotopic (exact) mass is 340 g/mol. The van der Waals surface area contributed by atoms with Crippen LogP contribution in [0.15, 0.2) is 38.7 Å². The van der Waals surface area contributed by atoms with Crippen molar-refractivity contribution in [3.05, 3.63) is 45.0 Å². The van der Waals surface area contributed by atoms with Crippen LogP contribution in [0.25, 0.3) is 0 Å². The summed E-state index contributed by atoms with van der Waals surface area (Å²) in [7, 11) is 0. The van der Waals surface area contributed by atoms with Crippen molar-refractivity contribution in [1.82, 2.24) is 4.90 Å². The standard InChI is InChI=1S/C14H17BrN2OS/c15-14-6-5-13(18-14)12(8-16)17(10-3-4-10)9-11-2-1-7-19-11/h1-2,5-7,10,12H,3-4,8-9,16H2. The second kappa shape index (κ2) is 5.79. The molecule has 0 amide bonds. The van der Waals surface area contributed by atoms with Gasteiger partial charge in [0.25, 0.3) is 0 Å². The van der Waals surface area contributed by atoms with E-state index in [1.807, 2.05) is 12.1 Å². The lowest BCUT2D eigenvalue weighted by molar-refractivity contribution is 0.161. The fraction of sp³-hybridized carbons (Fsp3) is 0.429. The lowest BCUT2D eigenvalue weighted by Crippen LogP contribution is -2.34. The number of nitrogens with zero attached hydrogens (tertiary/aromatic N) is 1. The van der Waals surface area contributed by atoms with Gasteiger partial charge in [-0.2, -0.15) is 0 Å². The van der Waals surface area contributed by atoms with Gasteiger partial charge in [-0.1, -0.05) is 6.07 Å². The third-order valence-electron chi connectivity index (χ3n) is 3.48. The molecule has 0 spiro atoms. The summed E-state index contributed by atoms with van der Waals surface area (Å²) >= 11 is 5.17. The molecule has 1 aliphatic rings. The van der Waals surface area contributed by atoms with Crippen molar-refractivity contribution in [3.8, 4) is 0 Å². The minimum Gasteiger partial charge on any atom is -0.453 e. The second-order valence-electron chi connectivity index (χ2n) is 4.88. The molecule has 2 heterocycles. The lowest BCUT2D eigenvalue weighted by atomic mass is 10.1. The largest absolute Gasteiger partial charge is 0.453 e. The topological polar surface area (TPSA) is 42.4 Å². The van der Waals surface area contributed by atoms with Crippen LogP contribution < -0.4 is 5.73 Å². The highest BCUT2D eigenvalue weighted by Gasteiger charge is 2.35. The molecule has 0 bridgehead atoms. The Morgan fingerprint density at radius 3 is 2.79 bits per heavy atom. The first-order valence-corrected chi connectivity index (χ1v) is 8.18. The Bertz CT molecular complexity index is 521. The molecule has 1 saturated carbocycles. The molecule has 2 N–H and O–H groups in total. The highest BCUT2D eigenvalue weighted by molar-refractivity contribution is 9.10. The summed E-state index contributed by atoms with van der Waals surface area (Å²) < 4.78 is 6.48. The van der Waals surface area contributed by atoms with E-state index >= 15 is 0 Å². The van der Waals surface area contributed by atoms with Crippen molar-refractivity contribution in [3.63, 3.8) is 0 Å². The van der Waals surface area contributed by atoms with E-state index in [1.165, 1.54) is 17.7 Å². The Kier molecular flexibility index (Phi) is 4.07. The van der Waals surface area contributed by atoms with Crippen LogP contribution in [0.5, 0.6) is 0 Å². The number of thiophene rings is 1. The van der Waals surface area contributed by atoms with Crippen LogP contribution in [0.4, 0.5) is 0 Å². The van der Waals surface area contributed by atoms with E-state index in [9.17, 15) is 0 Å². The Hall–Kier alpha value is -0.620.